The van der Waals surface area contributed by atoms with E-state index in [0.717, 1.165) is 25.9 Å². The molecule has 0 amide bonds. The maximum atomic E-state index is 4.07. The second kappa shape index (κ2) is 7.20. The molecule has 1 aliphatic heterocycles. The van der Waals surface area contributed by atoms with Crippen LogP contribution in [0.15, 0.2) is 84.9 Å². The summed E-state index contributed by atoms with van der Waals surface area (Å²) in [6, 6.07) is 30.9. The van der Waals surface area contributed by atoms with Gasteiger partial charge in [-0.2, -0.15) is 0 Å². The van der Waals surface area contributed by atoms with E-state index in [1.165, 1.54) is 35.1 Å². The van der Waals surface area contributed by atoms with Crippen LogP contribution in [-0.2, 0) is 18.4 Å². The second-order valence-corrected chi connectivity index (χ2v) is 8.22. The van der Waals surface area contributed by atoms with Crippen LogP contribution < -0.4 is 10.6 Å². The maximum Gasteiger partial charge on any atom is 0.0881 e. The lowest BCUT2D eigenvalue weighted by atomic mass is 9.67. The highest BCUT2D eigenvalue weighted by Gasteiger charge is 2.59. The Labute approximate surface area is 168 Å². The molecule has 28 heavy (non-hydrogen) atoms. The standard InChI is InChI=1S/C26H28N2/c1-3-10-21(11-4-1)16-19-27-25-17-9-18-28-26(25,23-13-5-2-6-14-23)24-15-8-7-12-22(24)20-25/h1-8,10-15,27-28H,9,16-20H2/t25-,26-/m1/s1. The first-order valence-corrected chi connectivity index (χ1v) is 10.5. The zero-order valence-electron chi connectivity index (χ0n) is 16.3. The van der Waals surface area contributed by atoms with Crippen LogP contribution in [0, 0.1) is 0 Å². The van der Waals surface area contributed by atoms with Gasteiger partial charge in [-0.1, -0.05) is 84.9 Å². The minimum Gasteiger partial charge on any atom is -0.308 e. The zero-order chi connectivity index (χ0) is 18.9. The molecule has 0 bridgehead atoms. The van der Waals surface area contributed by atoms with Crippen molar-refractivity contribution in [2.75, 3.05) is 13.1 Å². The van der Waals surface area contributed by atoms with Crippen molar-refractivity contribution in [3.63, 3.8) is 0 Å². The third kappa shape index (κ3) is 2.71. The number of nitrogens with one attached hydrogen (secondary N) is 2. The third-order valence-electron chi connectivity index (χ3n) is 6.73. The molecule has 2 aliphatic rings. The van der Waals surface area contributed by atoms with Crippen molar-refractivity contribution in [1.29, 1.82) is 0 Å². The van der Waals surface area contributed by atoms with Crippen LogP contribution in [0.5, 0.6) is 0 Å². The van der Waals surface area contributed by atoms with Crippen LogP contribution >= 0.6 is 0 Å². The number of hydrogen-bond donors (Lipinski definition) is 2. The predicted molar refractivity (Wildman–Crippen MR) is 115 cm³/mol. The molecule has 2 heteroatoms. The van der Waals surface area contributed by atoms with Crippen LogP contribution in [0.3, 0.4) is 0 Å². The second-order valence-electron chi connectivity index (χ2n) is 8.22. The van der Waals surface area contributed by atoms with Gasteiger partial charge in [0.15, 0.2) is 0 Å². The van der Waals surface area contributed by atoms with E-state index in [2.05, 4.69) is 95.6 Å². The van der Waals surface area contributed by atoms with Gasteiger partial charge in [-0.3, -0.25) is 0 Å². The summed E-state index contributed by atoms with van der Waals surface area (Å²) in [5, 5.41) is 8.06. The van der Waals surface area contributed by atoms with Crippen molar-refractivity contribution in [3.05, 3.63) is 107 Å². The average Bonchev–Trinajstić information content (AvgIpc) is 3.06. The molecule has 1 fully saturated rings. The van der Waals surface area contributed by atoms with E-state index in [1.54, 1.807) is 0 Å². The van der Waals surface area contributed by atoms with Gasteiger partial charge in [-0.25, -0.2) is 0 Å². The monoisotopic (exact) mass is 368 g/mol. The van der Waals surface area contributed by atoms with Gasteiger partial charge in [-0.15, -0.1) is 0 Å². The highest BCUT2D eigenvalue weighted by molar-refractivity contribution is 5.54. The van der Waals surface area contributed by atoms with Crippen LogP contribution in [-0.4, -0.2) is 18.6 Å². The summed E-state index contributed by atoms with van der Waals surface area (Å²) in [4.78, 5) is 0. The summed E-state index contributed by atoms with van der Waals surface area (Å²) in [5.41, 5.74) is 5.58. The summed E-state index contributed by atoms with van der Waals surface area (Å²) in [6.07, 6.45) is 4.54. The fourth-order valence-electron chi connectivity index (χ4n) is 5.56. The lowest BCUT2D eigenvalue weighted by Crippen LogP contribution is -2.68. The van der Waals surface area contributed by atoms with Gasteiger partial charge in [0, 0.05) is 5.54 Å². The molecule has 5 rings (SSSR count). The molecule has 0 spiro atoms. The van der Waals surface area contributed by atoms with Gasteiger partial charge in [0.1, 0.15) is 0 Å². The highest BCUT2D eigenvalue weighted by Crippen LogP contribution is 2.52. The summed E-state index contributed by atoms with van der Waals surface area (Å²) in [7, 11) is 0. The first kappa shape index (κ1) is 17.7. The van der Waals surface area contributed by atoms with Crippen LogP contribution in [0.1, 0.15) is 35.1 Å². The molecule has 0 saturated carbocycles. The largest absolute Gasteiger partial charge is 0.308 e. The SMILES string of the molecule is c1ccc(CCN[C@@]23CCCN[C@]2(c2ccccc2)c2ccccc2C3)cc1. The maximum absolute atomic E-state index is 4.07. The van der Waals surface area contributed by atoms with Crippen LogP contribution in [0.2, 0.25) is 0 Å². The smallest absolute Gasteiger partial charge is 0.0881 e. The zero-order valence-corrected chi connectivity index (χ0v) is 16.3. The number of piperidine rings is 1. The van der Waals surface area contributed by atoms with Crippen molar-refractivity contribution >= 4 is 0 Å². The molecule has 2 N–H and O–H groups in total. The Morgan fingerprint density at radius 2 is 1.54 bits per heavy atom. The van der Waals surface area contributed by atoms with Crippen molar-refractivity contribution in [2.24, 2.45) is 0 Å². The van der Waals surface area contributed by atoms with Crippen molar-refractivity contribution in [2.45, 2.75) is 36.8 Å². The molecule has 1 saturated heterocycles. The van der Waals surface area contributed by atoms with Gasteiger partial charge < -0.3 is 10.6 Å². The fraction of sp³-hybridized carbons (Fsp3) is 0.308. The Morgan fingerprint density at radius 3 is 2.36 bits per heavy atom. The molecule has 3 aromatic carbocycles. The minimum atomic E-state index is -0.153. The minimum absolute atomic E-state index is 0.0189. The molecule has 0 radical (unpaired) electrons. The quantitative estimate of drug-likeness (QED) is 0.696. The predicted octanol–water partition coefficient (Wildman–Crippen LogP) is 4.44. The van der Waals surface area contributed by atoms with Crippen LogP contribution in [0.4, 0.5) is 0 Å². The van der Waals surface area contributed by atoms with Crippen molar-refractivity contribution < 1.29 is 0 Å². The topological polar surface area (TPSA) is 24.1 Å². The first-order valence-electron chi connectivity index (χ1n) is 10.5. The Balaban J connectivity index is 1.54. The third-order valence-corrected chi connectivity index (χ3v) is 6.73. The summed E-state index contributed by atoms with van der Waals surface area (Å²) in [6.45, 7) is 2.06. The van der Waals surface area contributed by atoms with E-state index in [0.29, 0.717) is 0 Å². The Morgan fingerprint density at radius 1 is 0.821 bits per heavy atom. The Hall–Kier alpha value is -2.42. The van der Waals surface area contributed by atoms with Crippen molar-refractivity contribution in [1.82, 2.24) is 10.6 Å². The van der Waals surface area contributed by atoms with Crippen LogP contribution in [0.25, 0.3) is 0 Å². The summed E-state index contributed by atoms with van der Waals surface area (Å²) in [5.74, 6) is 0. The fourth-order valence-corrected chi connectivity index (χ4v) is 5.56. The molecule has 1 heterocycles. The molecule has 2 nitrogen and oxygen atoms in total. The van der Waals surface area contributed by atoms with E-state index >= 15 is 0 Å². The molecule has 3 aromatic rings. The van der Waals surface area contributed by atoms with Crippen molar-refractivity contribution in [3.8, 4) is 0 Å². The van der Waals surface area contributed by atoms with Gasteiger partial charge in [-0.05, 0) is 61.0 Å². The average molecular weight is 369 g/mol. The van der Waals surface area contributed by atoms with Gasteiger partial charge in [0.25, 0.3) is 0 Å². The molecule has 0 unspecified atom stereocenters. The molecule has 1 aliphatic carbocycles. The summed E-state index contributed by atoms with van der Waals surface area (Å²) < 4.78 is 0. The lowest BCUT2D eigenvalue weighted by Gasteiger charge is -2.52. The molecular formula is C26H28N2. The molecule has 142 valence electrons. The van der Waals surface area contributed by atoms with E-state index in [1.807, 2.05) is 0 Å². The summed E-state index contributed by atoms with van der Waals surface area (Å²) >= 11 is 0. The van der Waals surface area contributed by atoms with E-state index in [-0.39, 0.29) is 11.1 Å². The van der Waals surface area contributed by atoms with Gasteiger partial charge >= 0.3 is 0 Å². The van der Waals surface area contributed by atoms with E-state index < -0.39 is 0 Å². The number of fused-ring (bicyclic) bond motifs is 3. The molecule has 2 atom stereocenters. The number of rotatable bonds is 5. The lowest BCUT2D eigenvalue weighted by molar-refractivity contribution is 0.132. The number of hydrogen-bond acceptors (Lipinski definition) is 2. The molecule has 0 aromatic heterocycles. The molecular weight excluding hydrogens is 340 g/mol. The normalized spacial score (nSPS) is 25.9. The van der Waals surface area contributed by atoms with Gasteiger partial charge in [0.05, 0.1) is 5.54 Å². The highest BCUT2D eigenvalue weighted by atomic mass is 15.1. The van der Waals surface area contributed by atoms with E-state index in [9.17, 15) is 0 Å². The first-order chi connectivity index (χ1) is 13.8. The van der Waals surface area contributed by atoms with E-state index in [4.69, 9.17) is 0 Å². The number of benzene rings is 3. The van der Waals surface area contributed by atoms with Gasteiger partial charge in [0.2, 0.25) is 0 Å². The Bertz CT molecular complexity index is 937. The Kier molecular flexibility index (Phi) is 4.54.